The Balaban J connectivity index is 1.25. The summed E-state index contributed by atoms with van der Waals surface area (Å²) in [6, 6.07) is 14.7. The lowest BCUT2D eigenvalue weighted by Gasteiger charge is -2.60. The van der Waals surface area contributed by atoms with Crippen LogP contribution in [0.5, 0.6) is 0 Å². The second-order valence-electron chi connectivity index (χ2n) is 11.2. The van der Waals surface area contributed by atoms with Crippen molar-refractivity contribution in [3.05, 3.63) is 53.6 Å². The molecule has 1 saturated heterocycles. The Kier molecular flexibility index (Phi) is 6.18. The normalized spacial score (nSPS) is 22.7. The van der Waals surface area contributed by atoms with Crippen LogP contribution in [0.15, 0.2) is 42.5 Å². The van der Waals surface area contributed by atoms with Gasteiger partial charge in [-0.3, -0.25) is 14.5 Å². The van der Waals surface area contributed by atoms with Crippen LogP contribution in [0.1, 0.15) is 44.7 Å². The molecule has 1 saturated carbocycles. The van der Waals surface area contributed by atoms with Gasteiger partial charge < -0.3 is 15.0 Å². The molecule has 3 amide bonds. The predicted molar refractivity (Wildman–Crippen MR) is 139 cm³/mol. The molecule has 8 nitrogen and oxygen atoms in total. The second-order valence-corrected chi connectivity index (χ2v) is 11.2. The van der Waals surface area contributed by atoms with E-state index in [2.05, 4.69) is 11.4 Å². The van der Waals surface area contributed by atoms with E-state index in [-0.39, 0.29) is 23.8 Å². The molecule has 5 rings (SSSR count). The van der Waals surface area contributed by atoms with Gasteiger partial charge in [0.1, 0.15) is 17.7 Å². The average Bonchev–Trinajstić information content (AvgIpc) is 3.12. The Labute approximate surface area is 217 Å². The van der Waals surface area contributed by atoms with Crippen LogP contribution in [-0.4, -0.2) is 53.6 Å². The average molecular weight is 501 g/mol. The molecule has 37 heavy (non-hydrogen) atoms. The van der Waals surface area contributed by atoms with Crippen LogP contribution in [0.4, 0.5) is 10.5 Å². The highest BCUT2D eigenvalue weighted by atomic mass is 16.6. The topological polar surface area (TPSA) is 103 Å². The van der Waals surface area contributed by atoms with Crippen molar-refractivity contribution in [2.75, 3.05) is 11.9 Å². The standard InChI is InChI=1S/C29H32N4O4/c1-29(2,3)37-28(36)33-24-13-12-21(24)26(33)27(35)31-19(16-30)14-17-8-10-18(11-9-17)20-6-5-7-23-22(20)15-25(34)32(23)4/h5-11,19,21,24,26H,12-15H2,1-4H3,(H,31,35)/t19-,21?,24+,26-/m0/s1. The first-order chi connectivity index (χ1) is 17.6. The van der Waals surface area contributed by atoms with Gasteiger partial charge in [-0.25, -0.2) is 4.79 Å². The monoisotopic (exact) mass is 500 g/mol. The predicted octanol–water partition coefficient (Wildman–Crippen LogP) is 3.82. The molecule has 192 valence electrons. The van der Waals surface area contributed by atoms with E-state index >= 15 is 0 Å². The minimum Gasteiger partial charge on any atom is -0.444 e. The molecule has 0 aromatic heterocycles. The maximum Gasteiger partial charge on any atom is 0.411 e. The van der Waals surface area contributed by atoms with Crippen LogP contribution < -0.4 is 10.2 Å². The molecule has 2 heterocycles. The largest absolute Gasteiger partial charge is 0.444 e. The van der Waals surface area contributed by atoms with E-state index in [1.165, 1.54) is 0 Å². The van der Waals surface area contributed by atoms with Crippen molar-refractivity contribution in [1.82, 2.24) is 10.2 Å². The Morgan fingerprint density at radius 1 is 1.16 bits per heavy atom. The number of nitriles is 1. The van der Waals surface area contributed by atoms with Crippen molar-refractivity contribution in [3.8, 4) is 17.2 Å². The van der Waals surface area contributed by atoms with Gasteiger partial charge in [0.2, 0.25) is 11.8 Å². The molecule has 8 heteroatoms. The molecule has 2 aromatic carbocycles. The number of hydrogen-bond acceptors (Lipinski definition) is 5. The summed E-state index contributed by atoms with van der Waals surface area (Å²) in [4.78, 5) is 41.2. The van der Waals surface area contributed by atoms with E-state index in [0.717, 1.165) is 40.8 Å². The maximum absolute atomic E-state index is 13.1. The third-order valence-electron chi connectivity index (χ3n) is 7.62. The summed E-state index contributed by atoms with van der Waals surface area (Å²) in [5, 5.41) is 12.6. The van der Waals surface area contributed by atoms with Crippen LogP contribution in [0, 0.1) is 17.2 Å². The van der Waals surface area contributed by atoms with Crippen LogP contribution in [0.2, 0.25) is 0 Å². The van der Waals surface area contributed by atoms with Crippen LogP contribution in [0.3, 0.4) is 0 Å². The van der Waals surface area contributed by atoms with Gasteiger partial charge >= 0.3 is 6.09 Å². The molecule has 0 bridgehead atoms. The van der Waals surface area contributed by atoms with Gasteiger partial charge in [-0.2, -0.15) is 5.26 Å². The number of piperidine rings is 1. The number of likely N-dealkylation sites (N-methyl/N-ethyl adjacent to an activating group) is 1. The van der Waals surface area contributed by atoms with E-state index in [0.29, 0.717) is 12.8 Å². The Hall–Kier alpha value is -3.86. The lowest BCUT2D eigenvalue weighted by atomic mass is 9.65. The van der Waals surface area contributed by atoms with Crippen LogP contribution >= 0.6 is 0 Å². The summed E-state index contributed by atoms with van der Waals surface area (Å²) in [5.41, 5.74) is 4.25. The summed E-state index contributed by atoms with van der Waals surface area (Å²) in [5.74, 6) is -0.0927. The van der Waals surface area contributed by atoms with Crippen LogP contribution in [0.25, 0.3) is 11.1 Å². The fourth-order valence-corrected chi connectivity index (χ4v) is 5.61. The summed E-state index contributed by atoms with van der Waals surface area (Å²) in [7, 11) is 1.79. The highest BCUT2D eigenvalue weighted by Crippen LogP contribution is 2.47. The molecule has 0 spiro atoms. The molecule has 3 aliphatic rings. The van der Waals surface area contributed by atoms with Crippen molar-refractivity contribution < 1.29 is 19.1 Å². The van der Waals surface area contributed by atoms with Crippen molar-refractivity contribution in [2.45, 2.75) is 70.2 Å². The van der Waals surface area contributed by atoms with E-state index in [4.69, 9.17) is 4.74 Å². The number of hydrogen-bond donors (Lipinski definition) is 1. The van der Waals surface area contributed by atoms with Crippen molar-refractivity contribution in [3.63, 3.8) is 0 Å². The number of benzene rings is 2. The highest BCUT2D eigenvalue weighted by Gasteiger charge is 2.60. The fourth-order valence-electron chi connectivity index (χ4n) is 5.61. The molecular formula is C29H32N4O4. The number of carbonyl (C=O) groups is 3. The van der Waals surface area contributed by atoms with Gasteiger partial charge in [-0.05, 0) is 61.9 Å². The Morgan fingerprint density at radius 3 is 2.51 bits per heavy atom. The molecular weight excluding hydrogens is 468 g/mol. The van der Waals surface area contributed by atoms with Crippen molar-refractivity contribution in [1.29, 1.82) is 5.26 Å². The zero-order chi connectivity index (χ0) is 26.5. The second kappa shape index (κ2) is 9.22. The molecule has 2 aromatic rings. The third-order valence-corrected chi connectivity index (χ3v) is 7.62. The number of amides is 3. The van der Waals surface area contributed by atoms with Gasteiger partial charge in [-0.15, -0.1) is 0 Å². The van der Waals surface area contributed by atoms with Crippen molar-refractivity contribution >= 4 is 23.6 Å². The van der Waals surface area contributed by atoms with E-state index < -0.39 is 23.8 Å². The molecule has 0 radical (unpaired) electrons. The number of likely N-dealkylation sites (tertiary alicyclic amines) is 1. The first-order valence-electron chi connectivity index (χ1n) is 12.8. The first kappa shape index (κ1) is 24.8. The summed E-state index contributed by atoms with van der Waals surface area (Å²) in [6.45, 7) is 5.41. The molecule has 4 atom stereocenters. The van der Waals surface area contributed by atoms with E-state index in [1.54, 1.807) is 37.6 Å². The zero-order valence-corrected chi connectivity index (χ0v) is 21.7. The first-order valence-corrected chi connectivity index (χ1v) is 12.8. The highest BCUT2D eigenvalue weighted by molar-refractivity contribution is 6.03. The number of ether oxygens (including phenoxy) is 1. The van der Waals surface area contributed by atoms with Gasteiger partial charge in [0.15, 0.2) is 0 Å². The van der Waals surface area contributed by atoms with Crippen LogP contribution in [-0.2, 0) is 27.2 Å². The van der Waals surface area contributed by atoms with Gasteiger partial charge in [0.05, 0.1) is 12.5 Å². The van der Waals surface area contributed by atoms with E-state index in [1.807, 2.05) is 42.5 Å². The zero-order valence-electron chi connectivity index (χ0n) is 21.7. The molecule has 1 N–H and O–H groups in total. The number of nitrogens with zero attached hydrogens (tertiary/aromatic N) is 3. The smallest absolute Gasteiger partial charge is 0.411 e. The van der Waals surface area contributed by atoms with Gasteiger partial charge in [0.25, 0.3) is 0 Å². The summed E-state index contributed by atoms with van der Waals surface area (Å²) in [6.07, 6.45) is 2.03. The number of anilines is 1. The molecule has 1 aliphatic carbocycles. The quantitative estimate of drug-likeness (QED) is 0.672. The minimum absolute atomic E-state index is 0.0493. The molecule has 2 fully saturated rings. The van der Waals surface area contributed by atoms with Gasteiger partial charge in [-0.1, -0.05) is 36.4 Å². The Bertz CT molecular complexity index is 1290. The maximum atomic E-state index is 13.1. The number of carbonyl (C=O) groups excluding carboxylic acids is 3. The summed E-state index contributed by atoms with van der Waals surface area (Å²) < 4.78 is 5.51. The lowest BCUT2D eigenvalue weighted by molar-refractivity contribution is -0.155. The van der Waals surface area contributed by atoms with E-state index in [9.17, 15) is 19.6 Å². The molecule has 1 unspecified atom stereocenters. The molecule has 2 aliphatic heterocycles. The lowest BCUT2D eigenvalue weighted by Crippen LogP contribution is -2.75. The fraction of sp³-hybridized carbons (Fsp3) is 0.448. The third kappa shape index (κ3) is 4.55. The summed E-state index contributed by atoms with van der Waals surface area (Å²) >= 11 is 0. The SMILES string of the molecule is CN1C(=O)Cc2c(-c3ccc(C[C@@H](C#N)NC(=O)[C@@H]4C5CC[C@H]5N4C(=O)OC(C)(C)C)cc3)cccc21. The number of fused-ring (bicyclic) bond motifs is 2. The minimum atomic E-state index is -0.717. The Morgan fingerprint density at radius 2 is 1.89 bits per heavy atom. The van der Waals surface area contributed by atoms with Gasteiger partial charge in [0, 0.05) is 31.1 Å². The van der Waals surface area contributed by atoms with Crippen molar-refractivity contribution in [2.24, 2.45) is 5.92 Å². The number of nitrogens with one attached hydrogen (secondary N) is 1. The number of rotatable bonds is 5.